The summed E-state index contributed by atoms with van der Waals surface area (Å²) in [7, 11) is -4.67. The lowest BCUT2D eigenvalue weighted by Gasteiger charge is -1.94. The minimum Gasteiger partial charge on any atom is -0.290 e. The fourth-order valence-corrected chi connectivity index (χ4v) is 0.652. The molecule has 1 rings (SSSR count). The second-order valence-electron chi connectivity index (χ2n) is 2.04. The maximum atomic E-state index is 10.5. The van der Waals surface area contributed by atoms with Gasteiger partial charge in [-0.25, -0.2) is 0 Å². The Morgan fingerprint density at radius 2 is 1.57 bits per heavy atom. The normalized spacial score (nSPS) is 15.8. The predicted octanol–water partition coefficient (Wildman–Crippen LogP) is 0.164. The molecule has 0 bridgehead atoms. The third-order valence-electron chi connectivity index (χ3n) is 0.903. The first kappa shape index (κ1) is 13.0. The van der Waals surface area contributed by atoms with Gasteiger partial charge in [0.2, 0.25) is 0 Å². The molecule has 6 nitrogen and oxygen atoms in total. The van der Waals surface area contributed by atoms with Gasteiger partial charge >= 0.3 is 10.4 Å². The van der Waals surface area contributed by atoms with Crippen LogP contribution in [0.3, 0.4) is 0 Å². The molecule has 0 atom stereocenters. The number of carbonyl (C=O) groups is 2. The molecule has 0 heterocycles. The number of carbonyl (C=O) groups excluding carboxylic acids is 2. The Balaban J connectivity index is 0.000000292. The molecule has 8 heteroatoms. The quantitative estimate of drug-likeness (QED) is 0.461. The Morgan fingerprint density at radius 1 is 1.14 bits per heavy atom. The predicted molar refractivity (Wildman–Crippen MR) is 47.3 cm³/mol. The Bertz CT molecular complexity index is 396. The molecular formula is C6H5ClO6S. The monoisotopic (exact) mass is 240 g/mol. The van der Waals surface area contributed by atoms with Crippen molar-refractivity contribution < 1.29 is 27.1 Å². The molecule has 0 unspecified atom stereocenters. The topological polar surface area (TPSA) is 109 Å². The Labute approximate surface area is 84.4 Å². The first-order chi connectivity index (χ1) is 6.20. The van der Waals surface area contributed by atoms with Crippen LogP contribution in [0.25, 0.3) is 0 Å². The van der Waals surface area contributed by atoms with Gasteiger partial charge in [0.15, 0.2) is 11.6 Å². The van der Waals surface area contributed by atoms with Gasteiger partial charge in [0.25, 0.3) is 0 Å². The number of hydrogen-bond donors (Lipinski definition) is 2. The number of ketones is 2. The molecular weight excluding hydrogens is 236 g/mol. The lowest BCUT2D eigenvalue weighted by Crippen LogP contribution is -2.02. The van der Waals surface area contributed by atoms with Gasteiger partial charge in [-0.1, -0.05) is 11.6 Å². The van der Waals surface area contributed by atoms with Gasteiger partial charge in [0.1, 0.15) is 0 Å². The fraction of sp³-hybridized carbons (Fsp3) is 0. The van der Waals surface area contributed by atoms with E-state index in [-0.39, 0.29) is 16.6 Å². The molecule has 0 aromatic heterocycles. The van der Waals surface area contributed by atoms with Crippen molar-refractivity contribution in [1.29, 1.82) is 0 Å². The van der Waals surface area contributed by atoms with E-state index in [4.69, 9.17) is 29.1 Å². The molecule has 14 heavy (non-hydrogen) atoms. The van der Waals surface area contributed by atoms with Crippen LogP contribution in [-0.2, 0) is 20.0 Å². The summed E-state index contributed by atoms with van der Waals surface area (Å²) in [6.45, 7) is 0. The zero-order valence-corrected chi connectivity index (χ0v) is 8.12. The lowest BCUT2D eigenvalue weighted by atomic mass is 10.2. The molecule has 0 aromatic carbocycles. The second-order valence-corrected chi connectivity index (χ2v) is 3.34. The van der Waals surface area contributed by atoms with E-state index in [1.807, 2.05) is 0 Å². The van der Waals surface area contributed by atoms with Crippen LogP contribution in [0.15, 0.2) is 23.3 Å². The van der Waals surface area contributed by atoms with Crippen molar-refractivity contribution in [1.82, 2.24) is 0 Å². The van der Waals surface area contributed by atoms with E-state index in [1.54, 1.807) is 0 Å². The SMILES string of the molecule is O=C1C=CC(=O)C(Cl)=C1.O=S(=O)(O)O. The standard InChI is InChI=1S/C6H3ClO2.H2O4S/c7-5-3-4(8)1-2-6(5)9;1-5(2,3)4/h1-3H;(H2,1,2,3,4). The zero-order chi connectivity index (χ0) is 11.4. The number of halogens is 1. The van der Waals surface area contributed by atoms with E-state index in [0.717, 1.165) is 12.2 Å². The van der Waals surface area contributed by atoms with E-state index in [0.29, 0.717) is 0 Å². The number of rotatable bonds is 0. The van der Waals surface area contributed by atoms with E-state index in [2.05, 4.69) is 0 Å². The Kier molecular flexibility index (Phi) is 4.64. The van der Waals surface area contributed by atoms with E-state index in [1.165, 1.54) is 6.08 Å². The van der Waals surface area contributed by atoms with Gasteiger partial charge in [-0.15, -0.1) is 0 Å². The maximum absolute atomic E-state index is 10.5. The molecule has 0 aromatic rings. The number of allylic oxidation sites excluding steroid dienone is 4. The average Bonchev–Trinajstić information content (AvgIpc) is 1.94. The summed E-state index contributed by atoms with van der Waals surface area (Å²) >= 11 is 5.30. The molecule has 0 saturated carbocycles. The lowest BCUT2D eigenvalue weighted by molar-refractivity contribution is -0.114. The van der Waals surface area contributed by atoms with Crippen LogP contribution >= 0.6 is 11.6 Å². The first-order valence-corrected chi connectivity index (χ1v) is 4.81. The molecule has 0 radical (unpaired) electrons. The molecule has 1 aliphatic rings. The van der Waals surface area contributed by atoms with Gasteiger partial charge in [0.05, 0.1) is 5.03 Å². The summed E-state index contributed by atoms with van der Waals surface area (Å²) in [5.74, 6) is -0.545. The third kappa shape index (κ3) is 7.62. The summed E-state index contributed by atoms with van der Waals surface area (Å²) in [6, 6.07) is 0. The largest absolute Gasteiger partial charge is 0.394 e. The first-order valence-electron chi connectivity index (χ1n) is 3.03. The highest BCUT2D eigenvalue weighted by Gasteiger charge is 2.08. The van der Waals surface area contributed by atoms with Gasteiger partial charge in [-0.05, 0) is 12.2 Å². The van der Waals surface area contributed by atoms with Gasteiger partial charge in [-0.2, -0.15) is 8.42 Å². The van der Waals surface area contributed by atoms with Crippen LogP contribution in [0.2, 0.25) is 0 Å². The van der Waals surface area contributed by atoms with Crippen molar-refractivity contribution in [2.45, 2.75) is 0 Å². The highest BCUT2D eigenvalue weighted by Crippen LogP contribution is 2.08. The van der Waals surface area contributed by atoms with Crippen LogP contribution in [0, 0.1) is 0 Å². The molecule has 2 N–H and O–H groups in total. The third-order valence-corrected chi connectivity index (χ3v) is 1.20. The van der Waals surface area contributed by atoms with Crippen molar-refractivity contribution in [3.8, 4) is 0 Å². The van der Waals surface area contributed by atoms with Crippen LogP contribution in [0.4, 0.5) is 0 Å². The summed E-state index contributed by atoms with van der Waals surface area (Å²) in [5, 5.41) is -0.0116. The minimum atomic E-state index is -4.67. The summed E-state index contributed by atoms with van der Waals surface area (Å²) in [4.78, 5) is 20.9. The summed E-state index contributed by atoms with van der Waals surface area (Å²) < 4.78 is 31.6. The van der Waals surface area contributed by atoms with Gasteiger partial charge in [0, 0.05) is 6.08 Å². The van der Waals surface area contributed by atoms with Crippen molar-refractivity contribution in [2.75, 3.05) is 0 Å². The van der Waals surface area contributed by atoms with Crippen molar-refractivity contribution >= 4 is 33.6 Å². The van der Waals surface area contributed by atoms with Gasteiger partial charge < -0.3 is 0 Å². The van der Waals surface area contributed by atoms with Crippen LogP contribution in [0.5, 0.6) is 0 Å². The Morgan fingerprint density at radius 3 is 1.86 bits per heavy atom. The summed E-state index contributed by atoms with van der Waals surface area (Å²) in [6.07, 6.45) is 3.45. The minimum absolute atomic E-state index is 0.0116. The van der Waals surface area contributed by atoms with Gasteiger partial charge in [-0.3, -0.25) is 18.7 Å². The number of hydrogen-bond acceptors (Lipinski definition) is 4. The van der Waals surface area contributed by atoms with E-state index >= 15 is 0 Å². The van der Waals surface area contributed by atoms with E-state index < -0.39 is 10.4 Å². The van der Waals surface area contributed by atoms with Crippen molar-refractivity contribution in [2.24, 2.45) is 0 Å². The van der Waals surface area contributed by atoms with Crippen LogP contribution in [-0.4, -0.2) is 29.1 Å². The van der Waals surface area contributed by atoms with E-state index in [9.17, 15) is 9.59 Å². The highest BCUT2D eigenvalue weighted by molar-refractivity contribution is 7.79. The van der Waals surface area contributed by atoms with Crippen LogP contribution in [0.1, 0.15) is 0 Å². The smallest absolute Gasteiger partial charge is 0.290 e. The fourth-order valence-electron chi connectivity index (χ4n) is 0.482. The molecule has 0 fully saturated rings. The molecule has 78 valence electrons. The molecule has 0 aliphatic heterocycles. The average molecular weight is 241 g/mol. The second kappa shape index (κ2) is 5.01. The van der Waals surface area contributed by atoms with Crippen molar-refractivity contribution in [3.05, 3.63) is 23.3 Å². The molecule has 0 amide bonds. The zero-order valence-electron chi connectivity index (χ0n) is 6.55. The van der Waals surface area contributed by atoms with Crippen LogP contribution < -0.4 is 0 Å². The summed E-state index contributed by atoms with van der Waals surface area (Å²) in [5.41, 5.74) is 0. The Hall–Kier alpha value is -1.02. The molecule has 0 saturated heterocycles. The van der Waals surface area contributed by atoms with Crippen molar-refractivity contribution in [3.63, 3.8) is 0 Å². The highest BCUT2D eigenvalue weighted by atomic mass is 35.5. The molecule has 0 spiro atoms. The molecule has 1 aliphatic carbocycles. The maximum Gasteiger partial charge on any atom is 0.394 e.